The number of carbonyl (C=O) groups is 1. The molecule has 106 valence electrons. The maximum atomic E-state index is 12.0. The van der Waals surface area contributed by atoms with Gasteiger partial charge in [-0.25, -0.2) is 8.42 Å². The van der Waals surface area contributed by atoms with Gasteiger partial charge in [0.15, 0.2) is 9.84 Å². The normalized spacial score (nSPS) is 11.3. The van der Waals surface area contributed by atoms with Crippen molar-refractivity contribution in [2.24, 2.45) is 0 Å². The Morgan fingerprint density at radius 1 is 1.30 bits per heavy atom. The molecular formula is C12H13N3O4S. The Morgan fingerprint density at radius 3 is 2.55 bits per heavy atom. The molecular weight excluding hydrogens is 282 g/mol. The van der Waals surface area contributed by atoms with Crippen LogP contribution in [0.1, 0.15) is 16.1 Å². The predicted molar refractivity (Wildman–Crippen MR) is 73.2 cm³/mol. The molecule has 0 unspecified atom stereocenters. The van der Waals surface area contributed by atoms with Crippen LogP contribution in [0, 0.1) is 6.92 Å². The minimum absolute atomic E-state index is 0.0172. The molecule has 1 amide bonds. The number of sulfone groups is 1. The van der Waals surface area contributed by atoms with Gasteiger partial charge in [-0.2, -0.15) is 0 Å². The average molecular weight is 295 g/mol. The first-order chi connectivity index (χ1) is 9.25. The van der Waals surface area contributed by atoms with Gasteiger partial charge in [0.2, 0.25) is 5.88 Å². The standard InChI is InChI=1S/C12H13N3O4S/c1-7-3-11(19-15-7)14-12(16)8-4-9(13)6-10(5-8)20(2,17)18/h3-6H,13H2,1-2H3,(H,14,16). The lowest BCUT2D eigenvalue weighted by Crippen LogP contribution is -2.13. The number of anilines is 2. The number of aromatic nitrogens is 1. The van der Waals surface area contributed by atoms with Gasteiger partial charge < -0.3 is 10.3 Å². The number of carbonyl (C=O) groups excluding carboxylic acids is 1. The van der Waals surface area contributed by atoms with Crippen molar-refractivity contribution in [3.8, 4) is 0 Å². The van der Waals surface area contributed by atoms with Crippen LogP contribution in [-0.2, 0) is 9.84 Å². The summed E-state index contributed by atoms with van der Waals surface area (Å²) in [6.07, 6.45) is 1.04. The van der Waals surface area contributed by atoms with Crippen LogP contribution in [0.4, 0.5) is 11.6 Å². The second-order valence-electron chi connectivity index (χ2n) is 4.35. The van der Waals surface area contributed by atoms with E-state index in [9.17, 15) is 13.2 Å². The van der Waals surface area contributed by atoms with E-state index in [0.29, 0.717) is 5.69 Å². The zero-order valence-corrected chi connectivity index (χ0v) is 11.7. The number of nitrogen functional groups attached to an aromatic ring is 1. The van der Waals surface area contributed by atoms with E-state index in [1.807, 2.05) is 0 Å². The molecule has 8 heteroatoms. The molecule has 0 fully saturated rings. The lowest BCUT2D eigenvalue weighted by molar-refractivity contribution is 0.102. The molecule has 0 spiro atoms. The van der Waals surface area contributed by atoms with Crippen molar-refractivity contribution in [3.05, 3.63) is 35.5 Å². The van der Waals surface area contributed by atoms with Crippen LogP contribution < -0.4 is 11.1 Å². The summed E-state index contributed by atoms with van der Waals surface area (Å²) in [5.74, 6) is -0.353. The van der Waals surface area contributed by atoms with Crippen molar-refractivity contribution in [2.75, 3.05) is 17.3 Å². The Bertz CT molecular complexity index is 765. The van der Waals surface area contributed by atoms with E-state index in [-0.39, 0.29) is 22.0 Å². The van der Waals surface area contributed by atoms with E-state index < -0.39 is 15.7 Å². The third-order valence-corrected chi connectivity index (χ3v) is 3.58. The first-order valence-electron chi connectivity index (χ1n) is 5.61. The Labute approximate surface area is 115 Å². The maximum absolute atomic E-state index is 12.0. The van der Waals surface area contributed by atoms with Crippen molar-refractivity contribution in [1.29, 1.82) is 0 Å². The van der Waals surface area contributed by atoms with Gasteiger partial charge in [-0.1, -0.05) is 5.16 Å². The predicted octanol–water partition coefficient (Wildman–Crippen LogP) is 1.22. The van der Waals surface area contributed by atoms with Crippen molar-refractivity contribution in [2.45, 2.75) is 11.8 Å². The second-order valence-corrected chi connectivity index (χ2v) is 6.37. The van der Waals surface area contributed by atoms with E-state index in [2.05, 4.69) is 10.5 Å². The zero-order chi connectivity index (χ0) is 14.9. The molecule has 7 nitrogen and oxygen atoms in total. The first kappa shape index (κ1) is 14.1. The smallest absolute Gasteiger partial charge is 0.258 e. The van der Waals surface area contributed by atoms with Crippen molar-refractivity contribution < 1.29 is 17.7 Å². The van der Waals surface area contributed by atoms with Crippen LogP contribution in [0.3, 0.4) is 0 Å². The Balaban J connectivity index is 2.33. The van der Waals surface area contributed by atoms with Crippen LogP contribution >= 0.6 is 0 Å². The van der Waals surface area contributed by atoms with E-state index >= 15 is 0 Å². The fraction of sp³-hybridized carbons (Fsp3) is 0.167. The number of amides is 1. The van der Waals surface area contributed by atoms with Gasteiger partial charge in [0.25, 0.3) is 5.91 Å². The topological polar surface area (TPSA) is 115 Å². The van der Waals surface area contributed by atoms with E-state index in [4.69, 9.17) is 10.3 Å². The molecule has 20 heavy (non-hydrogen) atoms. The molecule has 1 aromatic heterocycles. The first-order valence-corrected chi connectivity index (χ1v) is 7.50. The number of nitrogens with zero attached hydrogens (tertiary/aromatic N) is 1. The molecule has 1 heterocycles. The van der Waals surface area contributed by atoms with E-state index in [1.165, 1.54) is 18.2 Å². The molecule has 0 saturated carbocycles. The van der Waals surface area contributed by atoms with Gasteiger partial charge >= 0.3 is 0 Å². The maximum Gasteiger partial charge on any atom is 0.258 e. The zero-order valence-electron chi connectivity index (χ0n) is 10.9. The van der Waals surface area contributed by atoms with E-state index in [0.717, 1.165) is 6.26 Å². The van der Waals surface area contributed by atoms with Crippen LogP contribution in [0.2, 0.25) is 0 Å². The van der Waals surface area contributed by atoms with Gasteiger partial charge in [-0.05, 0) is 25.1 Å². The number of hydrogen-bond acceptors (Lipinski definition) is 6. The summed E-state index contributed by atoms with van der Waals surface area (Å²) in [6, 6.07) is 5.48. The molecule has 3 N–H and O–H groups in total. The Hall–Kier alpha value is -2.35. The highest BCUT2D eigenvalue weighted by molar-refractivity contribution is 7.90. The summed E-state index contributed by atoms with van der Waals surface area (Å²) in [5, 5.41) is 6.09. The fourth-order valence-corrected chi connectivity index (χ4v) is 2.27. The highest BCUT2D eigenvalue weighted by Crippen LogP contribution is 2.18. The molecule has 0 saturated heterocycles. The van der Waals surface area contributed by atoms with Gasteiger partial charge in [-0.15, -0.1) is 0 Å². The van der Waals surface area contributed by atoms with Gasteiger partial charge in [-0.3, -0.25) is 10.1 Å². The molecule has 0 aliphatic heterocycles. The summed E-state index contributed by atoms with van der Waals surface area (Å²) in [5.41, 5.74) is 6.54. The number of aryl methyl sites for hydroxylation is 1. The molecule has 1 aromatic carbocycles. The highest BCUT2D eigenvalue weighted by Gasteiger charge is 2.15. The number of benzene rings is 1. The SMILES string of the molecule is Cc1cc(NC(=O)c2cc(N)cc(S(C)(=O)=O)c2)on1. The molecule has 0 atom stereocenters. The van der Waals surface area contributed by atoms with Crippen molar-refractivity contribution >= 4 is 27.3 Å². The van der Waals surface area contributed by atoms with Crippen LogP contribution in [0.25, 0.3) is 0 Å². The third-order valence-electron chi connectivity index (χ3n) is 2.48. The number of nitrogens with two attached hydrogens (primary N) is 1. The molecule has 0 radical (unpaired) electrons. The van der Waals surface area contributed by atoms with Crippen LogP contribution in [0.5, 0.6) is 0 Å². The quantitative estimate of drug-likeness (QED) is 0.823. The number of nitrogens with one attached hydrogen (secondary N) is 1. The minimum atomic E-state index is -3.45. The third kappa shape index (κ3) is 3.15. The Kier molecular flexibility index (Phi) is 3.49. The summed E-state index contributed by atoms with van der Waals surface area (Å²) < 4.78 is 27.9. The summed E-state index contributed by atoms with van der Waals surface area (Å²) >= 11 is 0. The lowest BCUT2D eigenvalue weighted by atomic mass is 10.2. The lowest BCUT2D eigenvalue weighted by Gasteiger charge is -2.05. The molecule has 0 bridgehead atoms. The Morgan fingerprint density at radius 2 is 2.00 bits per heavy atom. The largest absolute Gasteiger partial charge is 0.399 e. The van der Waals surface area contributed by atoms with Crippen LogP contribution in [0.15, 0.2) is 33.7 Å². The van der Waals surface area contributed by atoms with Crippen molar-refractivity contribution in [3.63, 3.8) is 0 Å². The summed E-state index contributed by atoms with van der Waals surface area (Å²) in [7, 11) is -3.45. The molecule has 2 aromatic rings. The molecule has 0 aliphatic rings. The summed E-state index contributed by atoms with van der Waals surface area (Å²) in [4.78, 5) is 12.0. The number of rotatable bonds is 3. The van der Waals surface area contributed by atoms with Gasteiger partial charge in [0.1, 0.15) is 0 Å². The second kappa shape index (κ2) is 4.97. The monoisotopic (exact) mass is 295 g/mol. The van der Waals surface area contributed by atoms with E-state index in [1.54, 1.807) is 13.0 Å². The molecule has 0 aliphatic carbocycles. The number of hydrogen-bond donors (Lipinski definition) is 2. The van der Waals surface area contributed by atoms with Crippen LogP contribution in [-0.4, -0.2) is 25.7 Å². The highest BCUT2D eigenvalue weighted by atomic mass is 32.2. The van der Waals surface area contributed by atoms with Gasteiger partial charge in [0, 0.05) is 23.6 Å². The van der Waals surface area contributed by atoms with Crippen molar-refractivity contribution in [1.82, 2.24) is 5.16 Å². The molecule has 2 rings (SSSR count). The summed E-state index contributed by atoms with van der Waals surface area (Å²) in [6.45, 7) is 1.71. The van der Waals surface area contributed by atoms with Gasteiger partial charge in [0.05, 0.1) is 10.6 Å². The fourth-order valence-electron chi connectivity index (χ4n) is 1.57. The average Bonchev–Trinajstić information content (AvgIpc) is 2.72. The minimum Gasteiger partial charge on any atom is -0.399 e.